The van der Waals surface area contributed by atoms with Crippen LogP contribution in [0.3, 0.4) is 0 Å². The third kappa shape index (κ3) is 3.64. The van der Waals surface area contributed by atoms with Gasteiger partial charge in [-0.15, -0.1) is 11.3 Å². The number of amides is 1. The maximum atomic E-state index is 11.8. The topological polar surface area (TPSA) is 95.8 Å². The van der Waals surface area contributed by atoms with Crippen molar-refractivity contribution >= 4 is 46.2 Å². The van der Waals surface area contributed by atoms with Crippen molar-refractivity contribution in [2.75, 3.05) is 10.6 Å². The Labute approximate surface area is 141 Å². The minimum atomic E-state index is -0.572. The summed E-state index contributed by atoms with van der Waals surface area (Å²) < 4.78 is 0. The summed E-state index contributed by atoms with van der Waals surface area (Å²) in [6, 6.07) is 11.1. The highest BCUT2D eigenvalue weighted by Crippen LogP contribution is 2.26. The van der Waals surface area contributed by atoms with Gasteiger partial charge in [0.1, 0.15) is 11.4 Å². The van der Waals surface area contributed by atoms with Gasteiger partial charge in [-0.05, 0) is 29.6 Å². The Kier molecular flexibility index (Phi) is 4.50. The number of hydrogen-bond acceptors (Lipinski definition) is 5. The number of thiophene rings is 1. The van der Waals surface area contributed by atoms with E-state index in [4.69, 9.17) is 17.3 Å². The minimum Gasteiger partial charge on any atom is -0.365 e. The average Bonchev–Trinajstić information content (AvgIpc) is 3.14. The predicted octanol–water partition coefficient (Wildman–Crippen LogP) is 3.58. The molecule has 0 bridgehead atoms. The number of carbonyl (C=O) groups is 1. The molecule has 5 N–H and O–H groups in total. The lowest BCUT2D eigenvalue weighted by Crippen LogP contribution is -2.15. The minimum absolute atomic E-state index is 0.279. The third-order valence-electron chi connectivity index (χ3n) is 3.12. The molecule has 0 unspecified atom stereocenters. The van der Waals surface area contributed by atoms with Crippen LogP contribution in [0, 0.1) is 0 Å². The molecule has 0 aliphatic heterocycles. The normalized spacial score (nSPS) is 10.5. The third-order valence-corrected chi connectivity index (χ3v) is 4.23. The molecule has 2 heterocycles. The van der Waals surface area contributed by atoms with Gasteiger partial charge in [-0.2, -0.15) is 5.10 Å². The van der Waals surface area contributed by atoms with Gasteiger partial charge in [-0.1, -0.05) is 23.7 Å². The number of nitrogens with two attached hydrogens (primary N) is 1. The molecule has 0 aliphatic rings. The summed E-state index contributed by atoms with van der Waals surface area (Å²) in [4.78, 5) is 12.9. The number of rotatable bonds is 6. The monoisotopic (exact) mass is 347 g/mol. The summed E-state index contributed by atoms with van der Waals surface area (Å²) in [5, 5.41) is 15.7. The van der Waals surface area contributed by atoms with E-state index in [-0.39, 0.29) is 5.56 Å². The Morgan fingerprint density at radius 1 is 1.35 bits per heavy atom. The van der Waals surface area contributed by atoms with Crippen molar-refractivity contribution in [2.45, 2.75) is 6.54 Å². The van der Waals surface area contributed by atoms with E-state index in [1.54, 1.807) is 29.5 Å². The van der Waals surface area contributed by atoms with Gasteiger partial charge in [-0.3, -0.25) is 9.89 Å². The van der Waals surface area contributed by atoms with Gasteiger partial charge in [0.05, 0.1) is 6.54 Å². The smallest absolute Gasteiger partial charge is 0.256 e. The molecule has 3 rings (SSSR count). The molecule has 0 atom stereocenters. The summed E-state index contributed by atoms with van der Waals surface area (Å²) in [5.41, 5.74) is 6.49. The zero-order valence-corrected chi connectivity index (χ0v) is 13.5. The van der Waals surface area contributed by atoms with E-state index in [2.05, 4.69) is 20.8 Å². The van der Waals surface area contributed by atoms with Crippen LogP contribution in [-0.4, -0.2) is 16.1 Å². The van der Waals surface area contributed by atoms with E-state index >= 15 is 0 Å². The van der Waals surface area contributed by atoms with E-state index in [0.717, 1.165) is 10.6 Å². The average molecular weight is 348 g/mol. The number of nitrogens with zero attached hydrogens (tertiary/aromatic N) is 1. The van der Waals surface area contributed by atoms with Crippen LogP contribution in [-0.2, 0) is 6.54 Å². The summed E-state index contributed by atoms with van der Waals surface area (Å²) in [6.45, 7) is 0.580. The molecule has 0 saturated heterocycles. The van der Waals surface area contributed by atoms with Crippen LogP contribution in [0.25, 0.3) is 0 Å². The Morgan fingerprint density at radius 2 is 2.22 bits per heavy atom. The largest absolute Gasteiger partial charge is 0.365 e. The number of carbonyl (C=O) groups excluding carboxylic acids is 1. The number of halogens is 1. The van der Waals surface area contributed by atoms with Crippen LogP contribution in [0.2, 0.25) is 5.02 Å². The highest BCUT2D eigenvalue weighted by Gasteiger charge is 2.18. The fraction of sp³-hybridized carbons (Fsp3) is 0.0667. The number of aromatic amines is 1. The van der Waals surface area contributed by atoms with Crippen molar-refractivity contribution in [1.29, 1.82) is 0 Å². The van der Waals surface area contributed by atoms with Crippen molar-refractivity contribution in [3.8, 4) is 0 Å². The lowest BCUT2D eigenvalue weighted by Gasteiger charge is -2.07. The number of primary amides is 1. The molecule has 2 aromatic heterocycles. The van der Waals surface area contributed by atoms with Gasteiger partial charge >= 0.3 is 0 Å². The number of nitrogens with one attached hydrogen (secondary N) is 3. The molecule has 23 heavy (non-hydrogen) atoms. The molecule has 1 aromatic carbocycles. The lowest BCUT2D eigenvalue weighted by atomic mass is 10.2. The number of hydrogen-bond donors (Lipinski definition) is 4. The van der Waals surface area contributed by atoms with E-state index in [0.29, 0.717) is 23.2 Å². The molecular formula is C15H14ClN5OS. The van der Waals surface area contributed by atoms with Gasteiger partial charge in [0.25, 0.3) is 5.91 Å². The second-order valence-corrected chi connectivity index (χ2v) is 6.22. The molecule has 118 valence electrons. The van der Waals surface area contributed by atoms with Crippen LogP contribution >= 0.6 is 22.9 Å². The lowest BCUT2D eigenvalue weighted by molar-refractivity contribution is 0.100. The second kappa shape index (κ2) is 6.72. The Bertz CT molecular complexity index is 815. The molecule has 0 radical (unpaired) electrons. The molecule has 0 fully saturated rings. The Balaban J connectivity index is 1.82. The molecule has 1 amide bonds. The van der Waals surface area contributed by atoms with Crippen molar-refractivity contribution in [3.63, 3.8) is 0 Å². The van der Waals surface area contributed by atoms with Gasteiger partial charge in [0.2, 0.25) is 0 Å². The van der Waals surface area contributed by atoms with Gasteiger partial charge in [-0.25, -0.2) is 0 Å². The first kappa shape index (κ1) is 15.4. The summed E-state index contributed by atoms with van der Waals surface area (Å²) in [7, 11) is 0. The number of aromatic nitrogens is 2. The first-order valence-corrected chi connectivity index (χ1v) is 8.06. The van der Waals surface area contributed by atoms with Crippen molar-refractivity contribution < 1.29 is 4.79 Å². The number of benzene rings is 1. The standard InChI is InChI=1S/C15H14ClN5OS/c16-9-3-1-4-10(7-9)19-15-12(13(17)22)14(20-21-15)18-8-11-5-2-6-23-11/h1-7H,8H2,(H2,17,22)(H3,18,19,20,21). The van der Waals surface area contributed by atoms with Crippen molar-refractivity contribution in [2.24, 2.45) is 5.73 Å². The molecule has 0 aliphatic carbocycles. The SMILES string of the molecule is NC(=O)c1c(Nc2cccc(Cl)c2)n[nH]c1NCc1cccs1. The fourth-order valence-corrected chi connectivity index (χ4v) is 2.93. The molecule has 3 aromatic rings. The van der Waals surface area contributed by atoms with Gasteiger partial charge in [0.15, 0.2) is 5.82 Å². The first-order valence-electron chi connectivity index (χ1n) is 6.80. The Hall–Kier alpha value is -2.51. The summed E-state index contributed by atoms with van der Waals surface area (Å²) >= 11 is 7.58. The van der Waals surface area contributed by atoms with Crippen molar-refractivity contribution in [1.82, 2.24) is 10.2 Å². The maximum absolute atomic E-state index is 11.8. The quantitative estimate of drug-likeness (QED) is 0.548. The summed E-state index contributed by atoms with van der Waals surface area (Å²) in [6.07, 6.45) is 0. The van der Waals surface area contributed by atoms with Crippen LogP contribution in [0.5, 0.6) is 0 Å². The highest BCUT2D eigenvalue weighted by molar-refractivity contribution is 7.09. The van der Waals surface area contributed by atoms with E-state index in [1.165, 1.54) is 0 Å². The molecule has 6 nitrogen and oxygen atoms in total. The molecule has 8 heteroatoms. The molecule has 0 spiro atoms. The highest BCUT2D eigenvalue weighted by atomic mass is 35.5. The molecule has 0 saturated carbocycles. The van der Waals surface area contributed by atoms with Crippen molar-refractivity contribution in [3.05, 3.63) is 57.2 Å². The van der Waals surface area contributed by atoms with Crippen LogP contribution < -0.4 is 16.4 Å². The number of anilines is 3. The van der Waals surface area contributed by atoms with E-state index < -0.39 is 5.91 Å². The Morgan fingerprint density at radius 3 is 2.91 bits per heavy atom. The maximum Gasteiger partial charge on any atom is 0.256 e. The zero-order valence-electron chi connectivity index (χ0n) is 12.0. The predicted molar refractivity (Wildman–Crippen MR) is 93.5 cm³/mol. The van der Waals surface area contributed by atoms with E-state index in [9.17, 15) is 4.79 Å². The van der Waals surface area contributed by atoms with Crippen LogP contribution in [0.15, 0.2) is 41.8 Å². The molecular weight excluding hydrogens is 334 g/mol. The van der Waals surface area contributed by atoms with Gasteiger partial charge < -0.3 is 16.4 Å². The summed E-state index contributed by atoms with van der Waals surface area (Å²) in [5.74, 6) is 0.265. The second-order valence-electron chi connectivity index (χ2n) is 4.75. The van der Waals surface area contributed by atoms with Crippen LogP contribution in [0.4, 0.5) is 17.3 Å². The fourth-order valence-electron chi connectivity index (χ4n) is 2.09. The van der Waals surface area contributed by atoms with Gasteiger partial charge in [0, 0.05) is 15.6 Å². The van der Waals surface area contributed by atoms with E-state index in [1.807, 2.05) is 23.6 Å². The first-order chi connectivity index (χ1) is 11.1. The van der Waals surface area contributed by atoms with Crippen LogP contribution in [0.1, 0.15) is 15.2 Å². The number of H-pyrrole nitrogens is 1. The zero-order chi connectivity index (χ0) is 16.2.